The Morgan fingerprint density at radius 3 is 2.68 bits per heavy atom. The molecule has 0 bridgehead atoms. The Bertz CT molecular complexity index is 574. The van der Waals surface area contributed by atoms with Gasteiger partial charge in [0, 0.05) is 25.2 Å². The first kappa shape index (κ1) is 15.9. The summed E-state index contributed by atoms with van der Waals surface area (Å²) in [4.78, 5) is 15.1. The Morgan fingerprint density at radius 2 is 2.09 bits per heavy atom. The molecule has 0 amide bonds. The van der Waals surface area contributed by atoms with Crippen LogP contribution in [-0.4, -0.2) is 44.7 Å². The number of nitro groups is 1. The van der Waals surface area contributed by atoms with Crippen molar-refractivity contribution >= 4 is 11.6 Å². The van der Waals surface area contributed by atoms with Crippen LogP contribution >= 0.6 is 0 Å². The lowest BCUT2D eigenvalue weighted by molar-refractivity contribution is -0.385. The van der Waals surface area contributed by atoms with Crippen molar-refractivity contribution < 1.29 is 14.4 Å². The van der Waals surface area contributed by atoms with E-state index in [4.69, 9.17) is 9.47 Å². The van der Waals surface area contributed by atoms with Crippen LogP contribution in [-0.2, 0) is 6.42 Å². The zero-order valence-corrected chi connectivity index (χ0v) is 12.7. The van der Waals surface area contributed by atoms with Crippen molar-refractivity contribution in [3.8, 4) is 11.5 Å². The maximum Gasteiger partial charge on any atom is 0.276 e. The van der Waals surface area contributed by atoms with Gasteiger partial charge in [-0.25, -0.2) is 0 Å². The zero-order chi connectivity index (χ0) is 15.9. The van der Waals surface area contributed by atoms with Crippen LogP contribution in [0.25, 0.3) is 0 Å². The van der Waals surface area contributed by atoms with Crippen molar-refractivity contribution in [1.82, 2.24) is 10.6 Å². The average molecular weight is 308 g/mol. The molecule has 0 unspecified atom stereocenters. The number of ether oxygens (including phenoxy) is 2. The fourth-order valence-corrected chi connectivity index (χ4v) is 2.25. The molecule has 1 heterocycles. The maximum absolute atomic E-state index is 11.2. The standard InChI is InChI=1S/C14H20N4O4/c1-21-12-8-10(11(18(19)20)9-13(12)22-2)4-7-17-14-15-5-3-6-16-14/h8-9H,3-7H2,1-2H3,(H2,15,16,17). The molecule has 2 rings (SSSR count). The minimum Gasteiger partial charge on any atom is -0.493 e. The fourth-order valence-electron chi connectivity index (χ4n) is 2.25. The Hall–Kier alpha value is -2.51. The van der Waals surface area contributed by atoms with E-state index in [-0.39, 0.29) is 5.69 Å². The molecule has 0 atom stereocenters. The van der Waals surface area contributed by atoms with Crippen LogP contribution in [0.2, 0.25) is 0 Å². The van der Waals surface area contributed by atoms with E-state index < -0.39 is 4.92 Å². The van der Waals surface area contributed by atoms with Crippen molar-refractivity contribution in [2.45, 2.75) is 12.8 Å². The maximum atomic E-state index is 11.2. The molecular weight excluding hydrogens is 288 g/mol. The third kappa shape index (κ3) is 3.78. The van der Waals surface area contributed by atoms with Gasteiger partial charge in [0.05, 0.1) is 25.2 Å². The van der Waals surface area contributed by atoms with Gasteiger partial charge in [0.2, 0.25) is 0 Å². The van der Waals surface area contributed by atoms with E-state index in [9.17, 15) is 10.1 Å². The fraction of sp³-hybridized carbons (Fsp3) is 0.500. The lowest BCUT2D eigenvalue weighted by Gasteiger charge is -2.16. The number of guanidine groups is 1. The van der Waals surface area contributed by atoms with Gasteiger partial charge in [0.25, 0.3) is 5.69 Å². The number of nitro benzene ring substituents is 1. The Kier molecular flexibility index (Phi) is 5.40. The quantitative estimate of drug-likeness (QED) is 0.603. The van der Waals surface area contributed by atoms with E-state index in [1.807, 2.05) is 0 Å². The molecule has 1 aliphatic heterocycles. The number of methoxy groups -OCH3 is 2. The van der Waals surface area contributed by atoms with E-state index in [2.05, 4.69) is 15.6 Å². The van der Waals surface area contributed by atoms with Crippen molar-refractivity contribution in [1.29, 1.82) is 0 Å². The molecular formula is C14H20N4O4. The molecule has 0 saturated heterocycles. The van der Waals surface area contributed by atoms with Crippen LogP contribution in [0.15, 0.2) is 17.1 Å². The minimum absolute atomic E-state index is 0.0259. The number of nitrogens with one attached hydrogen (secondary N) is 2. The van der Waals surface area contributed by atoms with Gasteiger partial charge in [0.1, 0.15) is 0 Å². The average Bonchev–Trinajstić information content (AvgIpc) is 2.55. The molecule has 2 N–H and O–H groups in total. The first-order valence-electron chi connectivity index (χ1n) is 7.07. The highest BCUT2D eigenvalue weighted by atomic mass is 16.6. The molecule has 0 saturated carbocycles. The summed E-state index contributed by atoms with van der Waals surface area (Å²) < 4.78 is 10.3. The summed E-state index contributed by atoms with van der Waals surface area (Å²) in [6.45, 7) is 2.23. The summed E-state index contributed by atoms with van der Waals surface area (Å²) in [6.07, 6.45) is 1.50. The highest BCUT2D eigenvalue weighted by Gasteiger charge is 2.19. The largest absolute Gasteiger partial charge is 0.493 e. The van der Waals surface area contributed by atoms with Crippen LogP contribution in [0.4, 0.5) is 5.69 Å². The minimum atomic E-state index is -0.409. The summed E-state index contributed by atoms with van der Waals surface area (Å²) in [5.41, 5.74) is 0.615. The van der Waals surface area contributed by atoms with E-state index in [0.29, 0.717) is 30.0 Å². The number of hydrogen-bond donors (Lipinski definition) is 2. The number of nitrogens with zero attached hydrogens (tertiary/aromatic N) is 2. The Balaban J connectivity index is 2.10. The first-order chi connectivity index (χ1) is 10.7. The van der Waals surface area contributed by atoms with Crippen LogP contribution in [0, 0.1) is 10.1 Å². The van der Waals surface area contributed by atoms with E-state index in [1.165, 1.54) is 20.3 Å². The molecule has 1 aromatic carbocycles. The molecule has 120 valence electrons. The second-order valence-corrected chi connectivity index (χ2v) is 4.78. The van der Waals surface area contributed by atoms with Gasteiger partial charge in [-0.3, -0.25) is 15.1 Å². The van der Waals surface area contributed by atoms with Crippen molar-refractivity contribution in [3.63, 3.8) is 0 Å². The molecule has 0 aromatic heterocycles. The van der Waals surface area contributed by atoms with E-state index in [1.54, 1.807) is 6.07 Å². The van der Waals surface area contributed by atoms with Gasteiger partial charge in [-0.05, 0) is 18.9 Å². The van der Waals surface area contributed by atoms with E-state index >= 15 is 0 Å². The zero-order valence-electron chi connectivity index (χ0n) is 12.7. The van der Waals surface area contributed by atoms with Gasteiger partial charge in [0.15, 0.2) is 17.5 Å². The lowest BCUT2D eigenvalue weighted by Crippen LogP contribution is -2.41. The SMILES string of the molecule is COc1cc(CCNC2=NCCCN2)c([N+](=O)[O-])cc1OC. The second-order valence-electron chi connectivity index (χ2n) is 4.78. The molecule has 0 spiro atoms. The summed E-state index contributed by atoms with van der Waals surface area (Å²) in [5, 5.41) is 17.5. The van der Waals surface area contributed by atoms with Crippen molar-refractivity contribution in [3.05, 3.63) is 27.8 Å². The second kappa shape index (κ2) is 7.48. The third-order valence-corrected chi connectivity index (χ3v) is 3.37. The van der Waals surface area contributed by atoms with Gasteiger partial charge < -0.3 is 20.1 Å². The number of hydrogen-bond acceptors (Lipinski definition) is 7. The number of aliphatic imine (C=N–C) groups is 1. The van der Waals surface area contributed by atoms with Crippen molar-refractivity contribution in [2.75, 3.05) is 33.9 Å². The normalized spacial score (nSPS) is 13.8. The smallest absolute Gasteiger partial charge is 0.276 e. The summed E-state index contributed by atoms with van der Waals surface area (Å²) >= 11 is 0. The predicted octanol–water partition coefficient (Wildman–Crippen LogP) is 1.09. The molecule has 8 nitrogen and oxygen atoms in total. The summed E-state index contributed by atoms with van der Waals surface area (Å²) in [6, 6.07) is 3.04. The highest BCUT2D eigenvalue weighted by molar-refractivity contribution is 5.80. The van der Waals surface area contributed by atoms with Crippen LogP contribution in [0.1, 0.15) is 12.0 Å². The third-order valence-electron chi connectivity index (χ3n) is 3.37. The lowest BCUT2D eigenvalue weighted by atomic mass is 10.1. The Labute approximate surface area is 128 Å². The van der Waals surface area contributed by atoms with Crippen LogP contribution < -0.4 is 20.1 Å². The molecule has 1 aromatic rings. The van der Waals surface area contributed by atoms with Gasteiger partial charge in [-0.2, -0.15) is 0 Å². The molecule has 0 aliphatic carbocycles. The van der Waals surface area contributed by atoms with Gasteiger partial charge >= 0.3 is 0 Å². The predicted molar refractivity (Wildman–Crippen MR) is 82.8 cm³/mol. The van der Waals surface area contributed by atoms with Crippen LogP contribution in [0.3, 0.4) is 0 Å². The molecule has 8 heteroatoms. The number of benzene rings is 1. The summed E-state index contributed by atoms with van der Waals surface area (Å²) in [7, 11) is 2.96. The van der Waals surface area contributed by atoms with Crippen molar-refractivity contribution in [2.24, 2.45) is 4.99 Å². The summed E-state index contributed by atoms with van der Waals surface area (Å²) in [5.74, 6) is 1.58. The molecule has 0 radical (unpaired) electrons. The number of rotatable bonds is 6. The van der Waals surface area contributed by atoms with Gasteiger partial charge in [-0.1, -0.05) is 0 Å². The monoisotopic (exact) mass is 308 g/mol. The molecule has 22 heavy (non-hydrogen) atoms. The molecule has 0 fully saturated rings. The topological polar surface area (TPSA) is 98.0 Å². The van der Waals surface area contributed by atoms with E-state index in [0.717, 1.165) is 25.5 Å². The molecule has 1 aliphatic rings. The Morgan fingerprint density at radius 1 is 1.36 bits per heavy atom. The van der Waals surface area contributed by atoms with Crippen LogP contribution in [0.5, 0.6) is 11.5 Å². The van der Waals surface area contributed by atoms with Gasteiger partial charge in [-0.15, -0.1) is 0 Å². The highest BCUT2D eigenvalue weighted by Crippen LogP contribution is 2.34. The first-order valence-corrected chi connectivity index (χ1v) is 7.07.